The molecule has 0 aromatic heterocycles. The highest BCUT2D eigenvalue weighted by Gasteiger charge is 2.44. The lowest BCUT2D eigenvalue weighted by Gasteiger charge is -2.52. The van der Waals surface area contributed by atoms with Crippen LogP contribution in [0.3, 0.4) is 0 Å². The van der Waals surface area contributed by atoms with Gasteiger partial charge in [-0.1, -0.05) is 26.2 Å². The molecule has 0 spiro atoms. The van der Waals surface area contributed by atoms with E-state index in [1.54, 1.807) is 0 Å². The van der Waals surface area contributed by atoms with Gasteiger partial charge in [-0.05, 0) is 58.7 Å². The molecule has 2 rings (SSSR count). The molecule has 118 valence electrons. The molecular formula is C17H34N2O. The molecule has 0 aromatic carbocycles. The van der Waals surface area contributed by atoms with Gasteiger partial charge in [0.05, 0.1) is 0 Å². The van der Waals surface area contributed by atoms with Crippen molar-refractivity contribution in [3.05, 3.63) is 0 Å². The van der Waals surface area contributed by atoms with Crippen LogP contribution in [-0.2, 0) is 4.74 Å². The zero-order chi connectivity index (χ0) is 14.4. The first-order valence-electron chi connectivity index (χ1n) is 8.69. The molecule has 1 aliphatic carbocycles. The first-order chi connectivity index (χ1) is 9.70. The number of nitrogens with one attached hydrogen (secondary N) is 1. The summed E-state index contributed by atoms with van der Waals surface area (Å²) in [7, 11) is 4.59. The van der Waals surface area contributed by atoms with Crippen molar-refractivity contribution in [3.8, 4) is 0 Å². The smallest absolute Gasteiger partial charge is 0.0469 e. The van der Waals surface area contributed by atoms with Crippen LogP contribution in [0.15, 0.2) is 0 Å². The van der Waals surface area contributed by atoms with Gasteiger partial charge in [0, 0.05) is 24.8 Å². The van der Waals surface area contributed by atoms with Gasteiger partial charge in [0.25, 0.3) is 0 Å². The highest BCUT2D eigenvalue weighted by atomic mass is 16.5. The Morgan fingerprint density at radius 2 is 1.80 bits per heavy atom. The van der Waals surface area contributed by atoms with Gasteiger partial charge in [-0.3, -0.25) is 0 Å². The van der Waals surface area contributed by atoms with Crippen molar-refractivity contribution in [1.29, 1.82) is 0 Å². The molecule has 2 aliphatic rings. The molecule has 1 saturated carbocycles. The number of hydrogen-bond donors (Lipinski definition) is 1. The molecule has 1 aliphatic heterocycles. The van der Waals surface area contributed by atoms with E-state index in [-0.39, 0.29) is 0 Å². The number of nitrogens with zero attached hydrogens (tertiary/aromatic N) is 1. The topological polar surface area (TPSA) is 24.5 Å². The summed E-state index contributed by atoms with van der Waals surface area (Å²) >= 11 is 0. The van der Waals surface area contributed by atoms with Gasteiger partial charge in [-0.25, -0.2) is 0 Å². The Morgan fingerprint density at radius 1 is 1.15 bits per heavy atom. The molecule has 0 bridgehead atoms. The summed E-state index contributed by atoms with van der Waals surface area (Å²) in [5.41, 5.74) is 0.370. The molecule has 1 saturated heterocycles. The molecular weight excluding hydrogens is 248 g/mol. The van der Waals surface area contributed by atoms with Gasteiger partial charge in [-0.15, -0.1) is 0 Å². The third kappa shape index (κ3) is 3.55. The SMILES string of the molecule is CCCNC(C1CCOCC1)C1(N(C)C)CCCCC1. The minimum absolute atomic E-state index is 0.370. The van der Waals surface area contributed by atoms with Crippen molar-refractivity contribution in [3.63, 3.8) is 0 Å². The first-order valence-corrected chi connectivity index (χ1v) is 8.69. The maximum Gasteiger partial charge on any atom is 0.0469 e. The number of hydrogen-bond acceptors (Lipinski definition) is 3. The van der Waals surface area contributed by atoms with Crippen LogP contribution in [0.5, 0.6) is 0 Å². The Hall–Kier alpha value is -0.120. The van der Waals surface area contributed by atoms with Crippen LogP contribution in [0, 0.1) is 5.92 Å². The molecule has 1 heterocycles. The zero-order valence-electron chi connectivity index (χ0n) is 13.8. The second kappa shape index (κ2) is 7.77. The van der Waals surface area contributed by atoms with Crippen molar-refractivity contribution >= 4 is 0 Å². The van der Waals surface area contributed by atoms with Gasteiger partial charge in [0.2, 0.25) is 0 Å². The molecule has 0 radical (unpaired) electrons. The summed E-state index contributed by atoms with van der Waals surface area (Å²) in [5.74, 6) is 0.788. The normalized spacial score (nSPS) is 25.8. The first kappa shape index (κ1) is 16.3. The summed E-state index contributed by atoms with van der Waals surface area (Å²) < 4.78 is 5.59. The number of rotatable bonds is 6. The Labute approximate surface area is 125 Å². The molecule has 3 nitrogen and oxygen atoms in total. The average molecular weight is 282 g/mol. The van der Waals surface area contributed by atoms with Gasteiger partial charge >= 0.3 is 0 Å². The Balaban J connectivity index is 2.16. The van der Waals surface area contributed by atoms with Crippen LogP contribution in [0.2, 0.25) is 0 Å². The fourth-order valence-corrected chi connectivity index (χ4v) is 4.34. The minimum atomic E-state index is 0.370. The van der Waals surface area contributed by atoms with Crippen LogP contribution < -0.4 is 5.32 Å². The largest absolute Gasteiger partial charge is 0.381 e. The molecule has 0 aromatic rings. The van der Waals surface area contributed by atoms with E-state index in [0.29, 0.717) is 11.6 Å². The Morgan fingerprint density at radius 3 is 2.35 bits per heavy atom. The van der Waals surface area contributed by atoms with Crippen LogP contribution in [-0.4, -0.2) is 50.3 Å². The van der Waals surface area contributed by atoms with E-state index < -0.39 is 0 Å². The third-order valence-corrected chi connectivity index (χ3v) is 5.54. The molecule has 1 N–H and O–H groups in total. The summed E-state index contributed by atoms with van der Waals surface area (Å²) in [6, 6.07) is 0.640. The van der Waals surface area contributed by atoms with E-state index in [4.69, 9.17) is 4.74 Å². The Bertz CT molecular complexity index is 268. The van der Waals surface area contributed by atoms with Gasteiger partial charge < -0.3 is 15.0 Å². The third-order valence-electron chi connectivity index (χ3n) is 5.54. The van der Waals surface area contributed by atoms with E-state index in [1.165, 1.54) is 51.4 Å². The lowest BCUT2D eigenvalue weighted by atomic mass is 9.69. The van der Waals surface area contributed by atoms with Crippen molar-refractivity contribution in [2.75, 3.05) is 33.9 Å². The van der Waals surface area contributed by atoms with Crippen LogP contribution in [0.25, 0.3) is 0 Å². The second-order valence-electron chi connectivity index (χ2n) is 6.94. The fraction of sp³-hybridized carbons (Fsp3) is 1.00. The number of ether oxygens (including phenoxy) is 1. The maximum absolute atomic E-state index is 5.59. The van der Waals surface area contributed by atoms with E-state index in [1.807, 2.05) is 0 Å². The van der Waals surface area contributed by atoms with E-state index >= 15 is 0 Å². The van der Waals surface area contributed by atoms with E-state index in [0.717, 1.165) is 25.7 Å². The fourth-order valence-electron chi connectivity index (χ4n) is 4.34. The Kier molecular flexibility index (Phi) is 6.31. The predicted molar refractivity (Wildman–Crippen MR) is 85.1 cm³/mol. The minimum Gasteiger partial charge on any atom is -0.381 e. The van der Waals surface area contributed by atoms with Crippen molar-refractivity contribution in [1.82, 2.24) is 10.2 Å². The predicted octanol–water partition coefficient (Wildman–Crippen LogP) is 3.05. The zero-order valence-corrected chi connectivity index (χ0v) is 13.8. The maximum atomic E-state index is 5.59. The highest BCUT2D eigenvalue weighted by molar-refractivity contribution is 5.03. The molecule has 2 fully saturated rings. The van der Waals surface area contributed by atoms with Crippen LogP contribution in [0.1, 0.15) is 58.3 Å². The van der Waals surface area contributed by atoms with E-state index in [2.05, 4.69) is 31.2 Å². The molecule has 1 unspecified atom stereocenters. The lowest BCUT2D eigenvalue weighted by molar-refractivity contribution is -0.00875. The summed E-state index contributed by atoms with van der Waals surface area (Å²) in [5, 5.41) is 3.93. The monoisotopic (exact) mass is 282 g/mol. The quantitative estimate of drug-likeness (QED) is 0.810. The molecule has 1 atom stereocenters. The molecule has 3 heteroatoms. The standard InChI is InChI=1S/C17H34N2O/c1-4-12-18-16(15-8-13-20-14-9-15)17(19(2)3)10-6-5-7-11-17/h15-16,18H,4-14H2,1-3H3. The van der Waals surface area contributed by atoms with Gasteiger partial charge in [0.1, 0.15) is 0 Å². The highest BCUT2D eigenvalue weighted by Crippen LogP contribution is 2.39. The van der Waals surface area contributed by atoms with Gasteiger partial charge in [-0.2, -0.15) is 0 Å². The molecule has 0 amide bonds. The van der Waals surface area contributed by atoms with E-state index in [9.17, 15) is 0 Å². The van der Waals surface area contributed by atoms with Crippen molar-refractivity contribution in [2.45, 2.75) is 69.9 Å². The second-order valence-corrected chi connectivity index (χ2v) is 6.94. The number of likely N-dealkylation sites (N-methyl/N-ethyl adjacent to an activating group) is 1. The van der Waals surface area contributed by atoms with Crippen molar-refractivity contribution in [2.24, 2.45) is 5.92 Å². The summed E-state index contributed by atoms with van der Waals surface area (Å²) in [4.78, 5) is 2.54. The molecule has 20 heavy (non-hydrogen) atoms. The lowest BCUT2D eigenvalue weighted by Crippen LogP contribution is -2.63. The summed E-state index contributed by atoms with van der Waals surface area (Å²) in [6.45, 7) is 5.34. The van der Waals surface area contributed by atoms with Gasteiger partial charge in [0.15, 0.2) is 0 Å². The summed E-state index contributed by atoms with van der Waals surface area (Å²) in [6.07, 6.45) is 10.6. The average Bonchev–Trinajstić information content (AvgIpc) is 2.49. The van der Waals surface area contributed by atoms with Crippen LogP contribution >= 0.6 is 0 Å². The van der Waals surface area contributed by atoms with Crippen molar-refractivity contribution < 1.29 is 4.74 Å². The van der Waals surface area contributed by atoms with Crippen LogP contribution in [0.4, 0.5) is 0 Å².